The van der Waals surface area contributed by atoms with E-state index in [1.165, 1.54) is 32.1 Å². The highest BCUT2D eigenvalue weighted by molar-refractivity contribution is 4.76. The highest BCUT2D eigenvalue weighted by atomic mass is 16.7. The van der Waals surface area contributed by atoms with Crippen LogP contribution in [0, 0.1) is 0 Å². The maximum atomic E-state index is 5.49. The number of hydrogen-bond donors (Lipinski definition) is 0. The van der Waals surface area contributed by atoms with E-state index in [1.807, 2.05) is 13.8 Å². The van der Waals surface area contributed by atoms with Gasteiger partial charge < -0.3 is 9.47 Å². The second-order valence-electron chi connectivity index (χ2n) is 3.90. The third-order valence-electron chi connectivity index (χ3n) is 2.50. The molecule has 0 radical (unpaired) electrons. The molecule has 0 N–H and O–H groups in total. The van der Waals surface area contributed by atoms with Crippen molar-refractivity contribution in [1.29, 1.82) is 0 Å². The van der Waals surface area contributed by atoms with Crippen LogP contribution in [0.3, 0.4) is 0 Å². The van der Waals surface area contributed by atoms with Gasteiger partial charge in [0.05, 0.1) is 0 Å². The summed E-state index contributed by atoms with van der Waals surface area (Å²) >= 11 is 0. The molecule has 96 valence electrons. The van der Waals surface area contributed by atoms with Gasteiger partial charge in [-0.2, -0.15) is 0 Å². The topological polar surface area (TPSA) is 18.5 Å². The van der Waals surface area contributed by atoms with Gasteiger partial charge in [-0.05, 0) is 46.5 Å². The van der Waals surface area contributed by atoms with Crippen LogP contribution in [0.1, 0.15) is 59.3 Å². The van der Waals surface area contributed by atoms with Crippen LogP contribution in [0.4, 0.5) is 0 Å². The summed E-state index contributed by atoms with van der Waals surface area (Å²) in [6.07, 6.45) is 11.7. The molecule has 0 aliphatic heterocycles. The number of ether oxygens (including phenoxy) is 2. The first-order chi connectivity index (χ1) is 7.85. The van der Waals surface area contributed by atoms with Gasteiger partial charge in [-0.15, -0.1) is 0 Å². The highest BCUT2D eigenvalue weighted by Crippen LogP contribution is 2.10. The molecular weight excluding hydrogens is 200 g/mol. The van der Waals surface area contributed by atoms with E-state index < -0.39 is 0 Å². The first kappa shape index (κ1) is 15.7. The smallest absolute Gasteiger partial charge is 0.157 e. The Morgan fingerprint density at radius 2 is 1.56 bits per heavy atom. The van der Waals surface area contributed by atoms with Crippen molar-refractivity contribution in [1.82, 2.24) is 0 Å². The van der Waals surface area contributed by atoms with Crippen LogP contribution in [0.2, 0.25) is 0 Å². The monoisotopic (exact) mass is 228 g/mol. The number of allylic oxidation sites excluding steroid dienone is 2. The molecule has 2 nitrogen and oxygen atoms in total. The molecule has 0 saturated heterocycles. The minimum absolute atomic E-state index is 0.0190. The standard InChI is InChI=1S/C14H28O2/c1-4-7-8-9-10-11-12-13-14(15-5-2)16-6-3/h4,7,14H,5-6,8-13H2,1-3H3/b7-4+. The van der Waals surface area contributed by atoms with Crippen LogP contribution in [-0.4, -0.2) is 19.5 Å². The van der Waals surface area contributed by atoms with Crippen molar-refractivity contribution in [2.24, 2.45) is 0 Å². The summed E-state index contributed by atoms with van der Waals surface area (Å²) in [6.45, 7) is 7.60. The quantitative estimate of drug-likeness (QED) is 0.298. The molecule has 0 atom stereocenters. The zero-order valence-electron chi connectivity index (χ0n) is 11.2. The number of hydrogen-bond acceptors (Lipinski definition) is 2. The van der Waals surface area contributed by atoms with Crippen LogP contribution in [0.15, 0.2) is 12.2 Å². The molecule has 0 saturated carbocycles. The molecule has 16 heavy (non-hydrogen) atoms. The summed E-state index contributed by atoms with van der Waals surface area (Å²) < 4.78 is 11.0. The normalized spacial score (nSPS) is 11.8. The molecule has 0 unspecified atom stereocenters. The molecule has 0 amide bonds. The van der Waals surface area contributed by atoms with E-state index in [4.69, 9.17) is 9.47 Å². The molecule has 0 bridgehead atoms. The third kappa shape index (κ3) is 10.2. The molecule has 2 heteroatoms. The highest BCUT2D eigenvalue weighted by Gasteiger charge is 2.06. The van der Waals surface area contributed by atoms with Crippen LogP contribution in [-0.2, 0) is 9.47 Å². The molecule has 0 aromatic rings. The van der Waals surface area contributed by atoms with Crippen molar-refractivity contribution in [3.63, 3.8) is 0 Å². The van der Waals surface area contributed by atoms with Gasteiger partial charge in [0.2, 0.25) is 0 Å². The zero-order chi connectivity index (χ0) is 12.1. The Morgan fingerprint density at radius 3 is 2.12 bits per heavy atom. The van der Waals surface area contributed by atoms with Crippen LogP contribution in [0.5, 0.6) is 0 Å². The van der Waals surface area contributed by atoms with E-state index in [2.05, 4.69) is 19.1 Å². The summed E-state index contributed by atoms with van der Waals surface area (Å²) in [5.41, 5.74) is 0. The molecule has 0 aromatic heterocycles. The Hall–Kier alpha value is -0.340. The summed E-state index contributed by atoms with van der Waals surface area (Å²) in [7, 11) is 0. The molecule has 0 aliphatic carbocycles. The second-order valence-corrected chi connectivity index (χ2v) is 3.90. The number of rotatable bonds is 11. The van der Waals surface area contributed by atoms with E-state index in [9.17, 15) is 0 Å². The average molecular weight is 228 g/mol. The Labute approximate surface area is 101 Å². The lowest BCUT2D eigenvalue weighted by atomic mass is 10.1. The fourth-order valence-electron chi connectivity index (χ4n) is 1.68. The lowest BCUT2D eigenvalue weighted by Crippen LogP contribution is -2.17. The average Bonchev–Trinajstić information content (AvgIpc) is 2.28. The van der Waals surface area contributed by atoms with Gasteiger partial charge in [0.25, 0.3) is 0 Å². The summed E-state index contributed by atoms with van der Waals surface area (Å²) in [4.78, 5) is 0. The fraction of sp³-hybridized carbons (Fsp3) is 0.857. The van der Waals surface area contributed by atoms with Gasteiger partial charge in [0.15, 0.2) is 6.29 Å². The Morgan fingerprint density at radius 1 is 0.938 bits per heavy atom. The van der Waals surface area contributed by atoms with Crippen LogP contribution < -0.4 is 0 Å². The maximum absolute atomic E-state index is 5.49. The van der Waals surface area contributed by atoms with Gasteiger partial charge in [-0.3, -0.25) is 0 Å². The fourth-order valence-corrected chi connectivity index (χ4v) is 1.68. The SMILES string of the molecule is C/C=C/CCCCCCC(OCC)OCC. The first-order valence-electron chi connectivity index (χ1n) is 6.69. The van der Waals surface area contributed by atoms with Gasteiger partial charge in [0.1, 0.15) is 0 Å². The van der Waals surface area contributed by atoms with Crippen molar-refractivity contribution in [2.75, 3.05) is 13.2 Å². The van der Waals surface area contributed by atoms with Crippen LogP contribution in [0.25, 0.3) is 0 Å². The van der Waals surface area contributed by atoms with E-state index >= 15 is 0 Å². The summed E-state index contributed by atoms with van der Waals surface area (Å²) in [5.74, 6) is 0. The molecule has 0 aromatic carbocycles. The van der Waals surface area contributed by atoms with Crippen molar-refractivity contribution < 1.29 is 9.47 Å². The molecule has 0 aliphatic rings. The lowest BCUT2D eigenvalue weighted by molar-refractivity contribution is -0.140. The molecule has 0 heterocycles. The zero-order valence-corrected chi connectivity index (χ0v) is 11.2. The summed E-state index contributed by atoms with van der Waals surface area (Å²) in [5, 5.41) is 0. The minimum atomic E-state index is 0.0190. The van der Waals surface area contributed by atoms with Gasteiger partial charge in [0, 0.05) is 13.2 Å². The first-order valence-corrected chi connectivity index (χ1v) is 6.69. The van der Waals surface area contributed by atoms with E-state index in [-0.39, 0.29) is 6.29 Å². The molecule has 0 rings (SSSR count). The molecule has 0 spiro atoms. The minimum Gasteiger partial charge on any atom is -0.353 e. The van der Waals surface area contributed by atoms with Gasteiger partial charge in [-0.1, -0.05) is 25.0 Å². The Kier molecular flexibility index (Phi) is 12.5. The van der Waals surface area contributed by atoms with Gasteiger partial charge >= 0.3 is 0 Å². The van der Waals surface area contributed by atoms with Crippen molar-refractivity contribution in [3.8, 4) is 0 Å². The maximum Gasteiger partial charge on any atom is 0.157 e. The van der Waals surface area contributed by atoms with E-state index in [0.717, 1.165) is 19.6 Å². The second kappa shape index (κ2) is 12.7. The Bertz CT molecular complexity index is 149. The Balaban J connectivity index is 3.32. The summed E-state index contributed by atoms with van der Waals surface area (Å²) in [6, 6.07) is 0. The third-order valence-corrected chi connectivity index (χ3v) is 2.50. The van der Waals surface area contributed by atoms with Crippen LogP contribution >= 0.6 is 0 Å². The van der Waals surface area contributed by atoms with Gasteiger partial charge in [-0.25, -0.2) is 0 Å². The van der Waals surface area contributed by atoms with Crippen molar-refractivity contribution in [2.45, 2.75) is 65.6 Å². The van der Waals surface area contributed by atoms with E-state index in [1.54, 1.807) is 0 Å². The number of unbranched alkanes of at least 4 members (excludes halogenated alkanes) is 4. The predicted octanol–water partition coefficient (Wildman–Crippen LogP) is 4.30. The van der Waals surface area contributed by atoms with Crippen molar-refractivity contribution >= 4 is 0 Å². The largest absolute Gasteiger partial charge is 0.353 e. The molecular formula is C14H28O2. The van der Waals surface area contributed by atoms with Crippen molar-refractivity contribution in [3.05, 3.63) is 12.2 Å². The lowest BCUT2D eigenvalue weighted by Gasteiger charge is -2.16. The van der Waals surface area contributed by atoms with E-state index in [0.29, 0.717) is 0 Å². The molecule has 0 fully saturated rings. The predicted molar refractivity (Wildman–Crippen MR) is 69.6 cm³/mol.